The van der Waals surface area contributed by atoms with Crippen LogP contribution in [-0.4, -0.2) is 41.0 Å². The Hall–Kier alpha value is -1.99. The molecule has 0 bridgehead atoms. The maximum absolute atomic E-state index is 12.3. The first kappa shape index (κ1) is 46.0. The molecular formula is C39H69O8P. The zero-order valence-corrected chi connectivity index (χ0v) is 31.3. The smallest absolute Gasteiger partial charge is 0.462 e. The number of phosphoric acid groups is 1. The molecule has 1 atom stereocenters. The first-order valence-electron chi connectivity index (χ1n) is 18.9. The molecule has 9 heteroatoms. The fraction of sp³-hybridized carbons (Fsp3) is 0.744. The molecule has 0 unspecified atom stereocenters. The molecule has 2 N–H and O–H groups in total. The van der Waals surface area contributed by atoms with Gasteiger partial charge in [-0.05, 0) is 70.6 Å². The molecule has 0 fully saturated rings. The zero-order valence-electron chi connectivity index (χ0n) is 30.4. The topological polar surface area (TPSA) is 119 Å². The standard InChI is InChI=1S/C39H69O8P/c1-3-5-7-9-11-13-15-17-19-21-23-25-27-29-31-33-38(40)45-35-37(36-46-48(42,43)44)47-39(41)34-32-30-28-26-24-22-20-18-16-14-12-10-8-6-4-2/h9,11-12,14,18,20,24,26,37H,3-8,10,13,15-17,19,21-23,25,27-36H2,1-2H3,(H2,42,43,44)/b11-9+,14-12+,20-18+,26-24+/t37-/m1/s1. The van der Waals surface area contributed by atoms with Crippen LogP contribution in [-0.2, 0) is 28.2 Å². The number of ether oxygens (including phenoxy) is 2. The minimum absolute atomic E-state index is 0.162. The van der Waals surface area contributed by atoms with Crippen LogP contribution >= 0.6 is 7.82 Å². The predicted molar refractivity (Wildman–Crippen MR) is 198 cm³/mol. The van der Waals surface area contributed by atoms with Crippen molar-refractivity contribution in [2.75, 3.05) is 13.2 Å². The number of carbonyl (C=O) groups is 2. The third kappa shape index (κ3) is 36.8. The molecule has 0 saturated carbocycles. The van der Waals surface area contributed by atoms with Gasteiger partial charge in [-0.15, -0.1) is 0 Å². The second-order valence-corrected chi connectivity index (χ2v) is 13.8. The van der Waals surface area contributed by atoms with Crippen LogP contribution in [0.5, 0.6) is 0 Å². The number of hydrogen-bond donors (Lipinski definition) is 2. The van der Waals surface area contributed by atoms with Crippen molar-refractivity contribution in [3.8, 4) is 0 Å². The van der Waals surface area contributed by atoms with E-state index in [1.807, 2.05) is 0 Å². The van der Waals surface area contributed by atoms with Crippen molar-refractivity contribution in [3.63, 3.8) is 0 Å². The largest absolute Gasteiger partial charge is 0.469 e. The number of unbranched alkanes of at least 4 members (excludes halogenated alkanes) is 16. The van der Waals surface area contributed by atoms with Gasteiger partial charge in [0.1, 0.15) is 6.61 Å². The van der Waals surface area contributed by atoms with E-state index in [9.17, 15) is 14.2 Å². The second-order valence-electron chi connectivity index (χ2n) is 12.5. The summed E-state index contributed by atoms with van der Waals surface area (Å²) < 4.78 is 26.3. The van der Waals surface area contributed by atoms with Crippen molar-refractivity contribution in [2.24, 2.45) is 0 Å². The highest BCUT2D eigenvalue weighted by Crippen LogP contribution is 2.36. The Morgan fingerprint density at radius 1 is 0.542 bits per heavy atom. The van der Waals surface area contributed by atoms with Crippen molar-refractivity contribution in [1.82, 2.24) is 0 Å². The van der Waals surface area contributed by atoms with Gasteiger partial charge < -0.3 is 19.3 Å². The van der Waals surface area contributed by atoms with E-state index in [0.717, 1.165) is 51.4 Å². The molecule has 0 rings (SSSR count). The lowest BCUT2D eigenvalue weighted by Crippen LogP contribution is -2.29. The molecule has 0 aromatic carbocycles. The Labute approximate surface area is 293 Å². The van der Waals surface area contributed by atoms with Crippen LogP contribution in [0.2, 0.25) is 0 Å². The molecule has 0 aromatic heterocycles. The summed E-state index contributed by atoms with van der Waals surface area (Å²) in [5.41, 5.74) is 0. The number of hydrogen-bond acceptors (Lipinski definition) is 6. The monoisotopic (exact) mass is 696 g/mol. The van der Waals surface area contributed by atoms with Crippen LogP contribution in [0.15, 0.2) is 48.6 Å². The number of phosphoric ester groups is 1. The Balaban J connectivity index is 4.04. The van der Waals surface area contributed by atoms with Gasteiger partial charge in [0, 0.05) is 12.8 Å². The second kappa shape index (κ2) is 34.9. The van der Waals surface area contributed by atoms with E-state index in [4.69, 9.17) is 19.3 Å². The minimum Gasteiger partial charge on any atom is -0.462 e. The number of allylic oxidation sites excluding steroid dienone is 8. The third-order valence-corrected chi connectivity index (χ3v) is 8.31. The van der Waals surface area contributed by atoms with Gasteiger partial charge in [0.25, 0.3) is 0 Å². The fourth-order valence-corrected chi connectivity index (χ4v) is 5.31. The van der Waals surface area contributed by atoms with E-state index in [0.29, 0.717) is 12.8 Å². The molecule has 0 aliphatic heterocycles. The zero-order chi connectivity index (χ0) is 35.4. The Kier molecular flexibility index (Phi) is 33.4. The van der Waals surface area contributed by atoms with Crippen molar-refractivity contribution >= 4 is 19.8 Å². The normalized spacial score (nSPS) is 13.0. The number of carbonyl (C=O) groups excluding carboxylic acids is 2. The van der Waals surface area contributed by atoms with Gasteiger partial charge in [-0.1, -0.05) is 133 Å². The van der Waals surface area contributed by atoms with E-state index < -0.39 is 32.5 Å². The Morgan fingerprint density at radius 3 is 1.52 bits per heavy atom. The van der Waals surface area contributed by atoms with Gasteiger partial charge in [-0.3, -0.25) is 14.1 Å². The van der Waals surface area contributed by atoms with Crippen LogP contribution in [0.4, 0.5) is 0 Å². The first-order valence-corrected chi connectivity index (χ1v) is 20.5. The van der Waals surface area contributed by atoms with Crippen molar-refractivity contribution < 1.29 is 37.9 Å². The summed E-state index contributed by atoms with van der Waals surface area (Å²) in [6, 6.07) is 0. The molecule has 0 spiro atoms. The highest BCUT2D eigenvalue weighted by molar-refractivity contribution is 7.46. The molecule has 0 amide bonds. The highest BCUT2D eigenvalue weighted by Gasteiger charge is 2.22. The van der Waals surface area contributed by atoms with Gasteiger partial charge in [-0.25, -0.2) is 4.57 Å². The molecule has 0 saturated heterocycles. The molecule has 0 aromatic rings. The van der Waals surface area contributed by atoms with Gasteiger partial charge >= 0.3 is 19.8 Å². The summed E-state index contributed by atoms with van der Waals surface area (Å²) in [4.78, 5) is 42.7. The SMILES string of the molecule is CCCC/C=C/CCCCCCCCCCCC(=O)OC[C@H](COP(=O)(O)O)OC(=O)CCCC/C=C/C/C=C/C/C=C/CCCCC. The molecule has 0 heterocycles. The van der Waals surface area contributed by atoms with Gasteiger partial charge in [0.05, 0.1) is 6.61 Å². The van der Waals surface area contributed by atoms with Gasteiger partial charge in [0.2, 0.25) is 0 Å². The third-order valence-electron chi connectivity index (χ3n) is 7.82. The van der Waals surface area contributed by atoms with Crippen LogP contribution in [0.3, 0.4) is 0 Å². The van der Waals surface area contributed by atoms with E-state index >= 15 is 0 Å². The van der Waals surface area contributed by atoms with E-state index in [1.165, 1.54) is 77.0 Å². The highest BCUT2D eigenvalue weighted by atomic mass is 31.2. The average molecular weight is 697 g/mol. The summed E-state index contributed by atoms with van der Waals surface area (Å²) in [6.45, 7) is 3.58. The van der Waals surface area contributed by atoms with Crippen LogP contribution in [0, 0.1) is 0 Å². The summed E-state index contributed by atoms with van der Waals surface area (Å²) in [5.74, 6) is -0.934. The maximum atomic E-state index is 12.3. The van der Waals surface area contributed by atoms with Crippen molar-refractivity contribution in [1.29, 1.82) is 0 Å². The van der Waals surface area contributed by atoms with Crippen molar-refractivity contribution in [3.05, 3.63) is 48.6 Å². The van der Waals surface area contributed by atoms with Crippen LogP contribution in [0.25, 0.3) is 0 Å². The van der Waals surface area contributed by atoms with Crippen LogP contribution in [0.1, 0.15) is 168 Å². The molecule has 278 valence electrons. The first-order chi connectivity index (χ1) is 23.3. The van der Waals surface area contributed by atoms with Gasteiger partial charge in [-0.2, -0.15) is 0 Å². The maximum Gasteiger partial charge on any atom is 0.469 e. The molecule has 0 radical (unpaired) electrons. The summed E-state index contributed by atoms with van der Waals surface area (Å²) in [7, 11) is -4.76. The Bertz CT molecular complexity index is 921. The van der Waals surface area contributed by atoms with E-state index in [2.05, 4.69) is 67.0 Å². The Morgan fingerprint density at radius 2 is 0.958 bits per heavy atom. The molecule has 0 aliphatic carbocycles. The van der Waals surface area contributed by atoms with Crippen LogP contribution < -0.4 is 0 Å². The predicted octanol–water partition coefficient (Wildman–Crippen LogP) is 11.2. The quantitative estimate of drug-likeness (QED) is 0.0295. The number of rotatable bonds is 34. The summed E-state index contributed by atoms with van der Waals surface area (Å²) in [5, 5.41) is 0. The molecule has 48 heavy (non-hydrogen) atoms. The summed E-state index contributed by atoms with van der Waals surface area (Å²) in [6.07, 6.45) is 41.2. The molecule has 8 nitrogen and oxygen atoms in total. The van der Waals surface area contributed by atoms with E-state index in [-0.39, 0.29) is 19.4 Å². The summed E-state index contributed by atoms with van der Waals surface area (Å²) >= 11 is 0. The van der Waals surface area contributed by atoms with Gasteiger partial charge in [0.15, 0.2) is 6.10 Å². The lowest BCUT2D eigenvalue weighted by molar-refractivity contribution is -0.161. The lowest BCUT2D eigenvalue weighted by Gasteiger charge is -2.18. The van der Waals surface area contributed by atoms with E-state index in [1.54, 1.807) is 0 Å². The average Bonchev–Trinajstić information content (AvgIpc) is 3.05. The molecule has 0 aliphatic rings. The minimum atomic E-state index is -4.76. The number of esters is 2. The lowest BCUT2D eigenvalue weighted by atomic mass is 10.1. The fourth-order valence-electron chi connectivity index (χ4n) is 4.95. The molecular weight excluding hydrogens is 627 g/mol. The van der Waals surface area contributed by atoms with Crippen molar-refractivity contribution in [2.45, 2.75) is 174 Å².